The van der Waals surface area contributed by atoms with Crippen molar-refractivity contribution in [1.29, 1.82) is 0 Å². The van der Waals surface area contributed by atoms with Gasteiger partial charge in [-0.1, -0.05) is 29.8 Å². The SMILES string of the molecule is O=C(NCCN1CC=C(c2ccc(Cl)cc2)CC1)c1cnc[nH]1. The molecule has 23 heavy (non-hydrogen) atoms. The largest absolute Gasteiger partial charge is 0.349 e. The summed E-state index contributed by atoms with van der Waals surface area (Å²) in [5, 5.41) is 3.66. The quantitative estimate of drug-likeness (QED) is 0.885. The molecule has 120 valence electrons. The molecule has 0 spiro atoms. The summed E-state index contributed by atoms with van der Waals surface area (Å²) in [6.07, 6.45) is 6.29. The fourth-order valence-electron chi connectivity index (χ4n) is 2.64. The number of carbonyl (C=O) groups excluding carboxylic acids is 1. The molecule has 1 amide bonds. The fourth-order valence-corrected chi connectivity index (χ4v) is 2.77. The minimum atomic E-state index is -0.114. The summed E-state index contributed by atoms with van der Waals surface area (Å²) in [6.45, 7) is 3.36. The molecular formula is C17H19ClN4O. The van der Waals surface area contributed by atoms with Crippen molar-refractivity contribution >= 4 is 23.1 Å². The van der Waals surface area contributed by atoms with E-state index in [2.05, 4.69) is 38.4 Å². The Hall–Kier alpha value is -2.11. The lowest BCUT2D eigenvalue weighted by Gasteiger charge is -2.26. The molecule has 1 aromatic heterocycles. The summed E-state index contributed by atoms with van der Waals surface area (Å²) in [7, 11) is 0. The number of halogens is 1. The maximum absolute atomic E-state index is 11.8. The summed E-state index contributed by atoms with van der Waals surface area (Å²) in [5.41, 5.74) is 3.09. The molecule has 0 bridgehead atoms. The number of amides is 1. The molecule has 1 aliphatic rings. The molecule has 6 heteroatoms. The van der Waals surface area contributed by atoms with E-state index in [-0.39, 0.29) is 5.91 Å². The number of H-pyrrole nitrogens is 1. The minimum absolute atomic E-state index is 0.114. The predicted molar refractivity (Wildman–Crippen MR) is 91.4 cm³/mol. The van der Waals surface area contributed by atoms with Gasteiger partial charge in [-0.3, -0.25) is 9.69 Å². The molecule has 0 fully saturated rings. The van der Waals surface area contributed by atoms with Gasteiger partial charge in [0.15, 0.2) is 0 Å². The molecular weight excluding hydrogens is 312 g/mol. The molecule has 0 unspecified atom stereocenters. The molecule has 1 aliphatic heterocycles. The number of carbonyl (C=O) groups is 1. The highest BCUT2D eigenvalue weighted by Gasteiger charge is 2.13. The van der Waals surface area contributed by atoms with Gasteiger partial charge in [0.05, 0.1) is 12.5 Å². The first-order chi connectivity index (χ1) is 11.2. The van der Waals surface area contributed by atoms with Gasteiger partial charge >= 0.3 is 0 Å². The molecule has 3 rings (SSSR count). The summed E-state index contributed by atoms with van der Waals surface area (Å²) in [6, 6.07) is 7.98. The minimum Gasteiger partial charge on any atom is -0.349 e. The monoisotopic (exact) mass is 330 g/mol. The Bertz CT molecular complexity index is 679. The molecule has 2 aromatic rings. The molecule has 0 atom stereocenters. The lowest BCUT2D eigenvalue weighted by molar-refractivity contribution is 0.0944. The maximum Gasteiger partial charge on any atom is 0.269 e. The standard InChI is InChI=1S/C17H19ClN4O/c18-15-3-1-13(2-4-15)14-5-8-22(9-6-14)10-7-20-17(23)16-11-19-12-21-16/h1-5,11-12H,6-10H2,(H,19,21)(H,20,23). The molecule has 0 aliphatic carbocycles. The number of nitrogens with zero attached hydrogens (tertiary/aromatic N) is 2. The van der Waals surface area contributed by atoms with Gasteiger partial charge in [0.2, 0.25) is 0 Å². The molecule has 2 N–H and O–H groups in total. The molecule has 1 aromatic carbocycles. The maximum atomic E-state index is 11.8. The van der Waals surface area contributed by atoms with Crippen LogP contribution < -0.4 is 5.32 Å². The van der Waals surface area contributed by atoms with E-state index >= 15 is 0 Å². The Kier molecular flexibility index (Phi) is 5.10. The predicted octanol–water partition coefficient (Wildman–Crippen LogP) is 2.58. The topological polar surface area (TPSA) is 61.0 Å². The third-order valence-electron chi connectivity index (χ3n) is 3.96. The first kappa shape index (κ1) is 15.8. The Morgan fingerprint density at radius 1 is 1.35 bits per heavy atom. The van der Waals surface area contributed by atoms with Gasteiger partial charge in [0, 0.05) is 31.2 Å². The highest BCUT2D eigenvalue weighted by Crippen LogP contribution is 2.23. The lowest BCUT2D eigenvalue weighted by Crippen LogP contribution is -2.37. The van der Waals surface area contributed by atoms with Crippen molar-refractivity contribution < 1.29 is 4.79 Å². The number of aromatic nitrogens is 2. The first-order valence-corrected chi connectivity index (χ1v) is 8.04. The Morgan fingerprint density at radius 3 is 2.83 bits per heavy atom. The zero-order chi connectivity index (χ0) is 16.1. The first-order valence-electron chi connectivity index (χ1n) is 7.66. The Labute approximate surface area is 140 Å². The number of rotatable bonds is 5. The van der Waals surface area contributed by atoms with Gasteiger partial charge in [0.25, 0.3) is 5.91 Å². The Balaban J connectivity index is 1.45. The fraction of sp³-hybridized carbons (Fsp3) is 0.294. The van der Waals surface area contributed by atoms with E-state index in [9.17, 15) is 4.79 Å². The van der Waals surface area contributed by atoms with E-state index in [1.807, 2.05) is 12.1 Å². The van der Waals surface area contributed by atoms with Crippen LogP contribution in [0.15, 0.2) is 42.9 Å². The molecule has 2 heterocycles. The summed E-state index contributed by atoms with van der Waals surface area (Å²) in [5.74, 6) is -0.114. The highest BCUT2D eigenvalue weighted by atomic mass is 35.5. The smallest absolute Gasteiger partial charge is 0.269 e. The van der Waals surface area contributed by atoms with Crippen LogP contribution in [0.5, 0.6) is 0 Å². The van der Waals surface area contributed by atoms with Crippen molar-refractivity contribution in [3.63, 3.8) is 0 Å². The van der Waals surface area contributed by atoms with Crippen LogP contribution >= 0.6 is 11.6 Å². The average Bonchev–Trinajstić information content (AvgIpc) is 3.11. The van der Waals surface area contributed by atoms with Crippen LogP contribution in [0.3, 0.4) is 0 Å². The van der Waals surface area contributed by atoms with E-state index in [0.29, 0.717) is 12.2 Å². The van der Waals surface area contributed by atoms with E-state index in [1.54, 1.807) is 0 Å². The van der Waals surface area contributed by atoms with Gasteiger partial charge < -0.3 is 10.3 Å². The molecule has 5 nitrogen and oxygen atoms in total. The van der Waals surface area contributed by atoms with E-state index in [0.717, 1.165) is 31.1 Å². The Morgan fingerprint density at radius 2 is 2.17 bits per heavy atom. The van der Waals surface area contributed by atoms with Crippen LogP contribution in [0.25, 0.3) is 5.57 Å². The van der Waals surface area contributed by atoms with Crippen molar-refractivity contribution in [3.05, 3.63) is 59.1 Å². The number of hydrogen-bond acceptors (Lipinski definition) is 3. The van der Waals surface area contributed by atoms with Gasteiger partial charge in [-0.05, 0) is 29.7 Å². The van der Waals surface area contributed by atoms with Crippen LogP contribution in [0.4, 0.5) is 0 Å². The normalized spacial score (nSPS) is 15.3. The van der Waals surface area contributed by atoms with Crippen molar-refractivity contribution in [1.82, 2.24) is 20.2 Å². The summed E-state index contributed by atoms with van der Waals surface area (Å²) < 4.78 is 0. The van der Waals surface area contributed by atoms with Crippen LogP contribution in [0, 0.1) is 0 Å². The van der Waals surface area contributed by atoms with E-state index in [4.69, 9.17) is 11.6 Å². The third kappa shape index (κ3) is 4.21. The number of benzene rings is 1. The van der Waals surface area contributed by atoms with E-state index in [1.165, 1.54) is 23.7 Å². The zero-order valence-corrected chi connectivity index (χ0v) is 13.5. The van der Waals surface area contributed by atoms with Crippen molar-refractivity contribution in [2.75, 3.05) is 26.2 Å². The van der Waals surface area contributed by atoms with Crippen molar-refractivity contribution in [3.8, 4) is 0 Å². The molecule has 0 saturated carbocycles. The second kappa shape index (κ2) is 7.44. The number of nitrogens with one attached hydrogen (secondary N) is 2. The van der Waals surface area contributed by atoms with Gasteiger partial charge in [-0.15, -0.1) is 0 Å². The zero-order valence-electron chi connectivity index (χ0n) is 12.8. The van der Waals surface area contributed by atoms with Crippen molar-refractivity contribution in [2.24, 2.45) is 0 Å². The van der Waals surface area contributed by atoms with E-state index < -0.39 is 0 Å². The number of imidazole rings is 1. The number of aromatic amines is 1. The van der Waals surface area contributed by atoms with Crippen LogP contribution in [-0.4, -0.2) is 47.0 Å². The second-order valence-corrected chi connectivity index (χ2v) is 5.94. The van der Waals surface area contributed by atoms with Gasteiger partial charge in [-0.2, -0.15) is 0 Å². The van der Waals surface area contributed by atoms with Crippen LogP contribution in [0.1, 0.15) is 22.5 Å². The second-order valence-electron chi connectivity index (χ2n) is 5.51. The molecule has 0 radical (unpaired) electrons. The number of hydrogen-bond donors (Lipinski definition) is 2. The lowest BCUT2D eigenvalue weighted by atomic mass is 10.00. The highest BCUT2D eigenvalue weighted by molar-refractivity contribution is 6.30. The van der Waals surface area contributed by atoms with Crippen molar-refractivity contribution in [2.45, 2.75) is 6.42 Å². The van der Waals surface area contributed by atoms with Gasteiger partial charge in [-0.25, -0.2) is 4.98 Å². The van der Waals surface area contributed by atoms with Gasteiger partial charge in [0.1, 0.15) is 5.69 Å². The average molecular weight is 331 g/mol. The molecule has 0 saturated heterocycles. The third-order valence-corrected chi connectivity index (χ3v) is 4.22. The summed E-state index contributed by atoms with van der Waals surface area (Å²) in [4.78, 5) is 20.8. The van der Waals surface area contributed by atoms with Crippen LogP contribution in [0.2, 0.25) is 5.02 Å². The summed E-state index contributed by atoms with van der Waals surface area (Å²) >= 11 is 5.93. The van der Waals surface area contributed by atoms with Crippen LogP contribution in [-0.2, 0) is 0 Å².